The number of aryl methyl sites for hydroxylation is 1. The fourth-order valence-electron chi connectivity index (χ4n) is 1.55. The number of rotatable bonds is 3. The fourth-order valence-corrected chi connectivity index (χ4v) is 2.95. The number of sulfonamides is 1. The Bertz CT molecular complexity index is 717. The molecule has 1 aromatic heterocycles. The van der Waals surface area contributed by atoms with Gasteiger partial charge in [-0.25, -0.2) is 13.4 Å². The number of hydrogen-bond donors (Lipinski definition) is 2. The summed E-state index contributed by atoms with van der Waals surface area (Å²) in [6.07, 6.45) is 1.55. The van der Waals surface area contributed by atoms with E-state index < -0.39 is 10.0 Å². The average molecular weight is 298 g/mol. The molecular formula is C12H12ClN3O2S. The van der Waals surface area contributed by atoms with Gasteiger partial charge in [0.25, 0.3) is 10.0 Å². The highest BCUT2D eigenvalue weighted by molar-refractivity contribution is 7.92. The molecule has 0 unspecified atom stereocenters. The highest BCUT2D eigenvalue weighted by atomic mass is 35.5. The number of anilines is 2. The second-order valence-corrected chi connectivity index (χ2v) is 6.00. The van der Waals surface area contributed by atoms with E-state index in [1.54, 1.807) is 31.3 Å². The normalized spacial score (nSPS) is 11.3. The molecular weight excluding hydrogens is 286 g/mol. The number of para-hydroxylation sites is 1. The second-order valence-electron chi connectivity index (χ2n) is 3.99. The van der Waals surface area contributed by atoms with Crippen molar-refractivity contribution in [1.29, 1.82) is 0 Å². The predicted molar refractivity (Wildman–Crippen MR) is 75.6 cm³/mol. The predicted octanol–water partition coefficient (Wildman–Crippen LogP) is 2.43. The highest BCUT2D eigenvalue weighted by Crippen LogP contribution is 2.25. The molecule has 0 saturated heterocycles. The van der Waals surface area contributed by atoms with Crippen LogP contribution in [0.3, 0.4) is 0 Å². The van der Waals surface area contributed by atoms with Crippen LogP contribution in [0.4, 0.5) is 11.4 Å². The molecule has 0 aliphatic heterocycles. The van der Waals surface area contributed by atoms with E-state index >= 15 is 0 Å². The lowest BCUT2D eigenvalue weighted by Gasteiger charge is -2.11. The van der Waals surface area contributed by atoms with Gasteiger partial charge >= 0.3 is 0 Å². The van der Waals surface area contributed by atoms with Crippen LogP contribution >= 0.6 is 11.6 Å². The molecule has 5 nitrogen and oxygen atoms in total. The van der Waals surface area contributed by atoms with Crippen molar-refractivity contribution in [3.8, 4) is 0 Å². The monoisotopic (exact) mass is 297 g/mol. The Morgan fingerprint density at radius 3 is 2.68 bits per heavy atom. The van der Waals surface area contributed by atoms with Crippen LogP contribution in [0.2, 0.25) is 5.15 Å². The first-order valence-electron chi connectivity index (χ1n) is 5.39. The van der Waals surface area contributed by atoms with E-state index in [0.717, 1.165) is 5.56 Å². The Morgan fingerprint density at radius 2 is 2.00 bits per heavy atom. The maximum absolute atomic E-state index is 12.2. The molecule has 3 N–H and O–H groups in total. The minimum atomic E-state index is -3.78. The van der Waals surface area contributed by atoms with Crippen LogP contribution in [0.15, 0.2) is 41.4 Å². The number of pyridine rings is 1. The average Bonchev–Trinajstić information content (AvgIpc) is 2.34. The smallest absolute Gasteiger partial charge is 0.264 e. The molecule has 2 rings (SSSR count). The lowest BCUT2D eigenvalue weighted by Crippen LogP contribution is -2.15. The van der Waals surface area contributed by atoms with Crippen LogP contribution in [0.5, 0.6) is 0 Å². The van der Waals surface area contributed by atoms with E-state index in [9.17, 15) is 8.42 Å². The largest absolute Gasteiger partial charge is 0.398 e. The van der Waals surface area contributed by atoms with Crippen LogP contribution in [-0.2, 0) is 10.0 Å². The van der Waals surface area contributed by atoms with Crippen molar-refractivity contribution >= 4 is 33.0 Å². The lowest BCUT2D eigenvalue weighted by atomic mass is 10.3. The van der Waals surface area contributed by atoms with Crippen LogP contribution < -0.4 is 10.5 Å². The molecule has 0 aliphatic rings. The van der Waals surface area contributed by atoms with Gasteiger partial charge in [0.2, 0.25) is 0 Å². The van der Waals surface area contributed by atoms with Crippen LogP contribution in [0.25, 0.3) is 0 Å². The van der Waals surface area contributed by atoms with E-state index in [0.29, 0.717) is 0 Å². The first-order chi connectivity index (χ1) is 8.90. The maximum atomic E-state index is 12.2. The number of nitrogen functional groups attached to an aromatic ring is 1. The van der Waals surface area contributed by atoms with Gasteiger partial charge in [-0.2, -0.15) is 0 Å². The summed E-state index contributed by atoms with van der Waals surface area (Å²) < 4.78 is 26.8. The first kappa shape index (κ1) is 13.6. The number of halogens is 1. The van der Waals surface area contributed by atoms with Crippen molar-refractivity contribution < 1.29 is 8.42 Å². The zero-order valence-corrected chi connectivity index (χ0v) is 11.7. The molecule has 0 spiro atoms. The van der Waals surface area contributed by atoms with E-state index in [2.05, 4.69) is 9.71 Å². The summed E-state index contributed by atoms with van der Waals surface area (Å²) in [6, 6.07) is 7.81. The van der Waals surface area contributed by atoms with Gasteiger partial charge in [0, 0.05) is 6.20 Å². The summed E-state index contributed by atoms with van der Waals surface area (Å²) in [5.41, 5.74) is 6.85. The van der Waals surface area contributed by atoms with E-state index in [-0.39, 0.29) is 21.4 Å². The molecule has 7 heteroatoms. The molecule has 19 heavy (non-hydrogen) atoms. The van der Waals surface area contributed by atoms with Crippen molar-refractivity contribution in [1.82, 2.24) is 4.98 Å². The third-order valence-corrected chi connectivity index (χ3v) is 4.17. The SMILES string of the molecule is Cc1cnc(Cl)c(NS(=O)(=O)c2ccccc2N)c1. The van der Waals surface area contributed by atoms with Crippen molar-refractivity contribution in [2.45, 2.75) is 11.8 Å². The Kier molecular flexibility index (Phi) is 3.64. The summed E-state index contributed by atoms with van der Waals surface area (Å²) in [6.45, 7) is 1.79. The molecule has 0 atom stereocenters. The van der Waals surface area contributed by atoms with Gasteiger partial charge in [0.1, 0.15) is 4.90 Å². The molecule has 100 valence electrons. The fraction of sp³-hybridized carbons (Fsp3) is 0.0833. The molecule has 0 bridgehead atoms. The number of hydrogen-bond acceptors (Lipinski definition) is 4. The standard InChI is InChI=1S/C12H12ClN3O2S/c1-8-6-10(12(13)15-7-8)16-19(17,18)11-5-3-2-4-9(11)14/h2-7,16H,14H2,1H3. The van der Waals surface area contributed by atoms with Gasteiger partial charge in [0.05, 0.1) is 11.4 Å². The van der Waals surface area contributed by atoms with Gasteiger partial charge in [-0.15, -0.1) is 0 Å². The zero-order valence-electron chi connectivity index (χ0n) is 10.1. The number of benzene rings is 1. The molecule has 0 saturated carbocycles. The number of nitrogens with two attached hydrogens (primary N) is 1. The Labute approximate surface area is 116 Å². The Hall–Kier alpha value is -1.79. The second kappa shape index (κ2) is 5.07. The third-order valence-electron chi connectivity index (χ3n) is 2.43. The summed E-state index contributed by atoms with van der Waals surface area (Å²) in [5.74, 6) is 0. The van der Waals surface area contributed by atoms with Gasteiger partial charge in [-0.1, -0.05) is 23.7 Å². The van der Waals surface area contributed by atoms with Crippen molar-refractivity contribution in [3.63, 3.8) is 0 Å². The molecule has 0 aliphatic carbocycles. The van der Waals surface area contributed by atoms with Gasteiger partial charge < -0.3 is 5.73 Å². The maximum Gasteiger partial charge on any atom is 0.264 e. The van der Waals surface area contributed by atoms with E-state index in [4.69, 9.17) is 17.3 Å². The summed E-state index contributed by atoms with van der Waals surface area (Å²) in [5, 5.41) is 0.0867. The minimum Gasteiger partial charge on any atom is -0.398 e. The zero-order chi connectivity index (χ0) is 14.0. The lowest BCUT2D eigenvalue weighted by molar-refractivity contribution is 0.601. The van der Waals surface area contributed by atoms with Crippen molar-refractivity contribution in [3.05, 3.63) is 47.2 Å². The van der Waals surface area contributed by atoms with Crippen LogP contribution in [-0.4, -0.2) is 13.4 Å². The quantitative estimate of drug-likeness (QED) is 0.673. The number of nitrogens with one attached hydrogen (secondary N) is 1. The number of nitrogens with zero attached hydrogens (tertiary/aromatic N) is 1. The van der Waals surface area contributed by atoms with E-state index in [1.807, 2.05) is 0 Å². The summed E-state index contributed by atoms with van der Waals surface area (Å²) in [4.78, 5) is 3.89. The molecule has 1 aromatic carbocycles. The number of aromatic nitrogens is 1. The molecule has 0 radical (unpaired) electrons. The van der Waals surface area contributed by atoms with Gasteiger partial charge in [-0.05, 0) is 30.7 Å². The molecule has 0 amide bonds. The molecule has 2 aromatic rings. The Balaban J connectivity index is 2.43. The van der Waals surface area contributed by atoms with Crippen molar-refractivity contribution in [2.24, 2.45) is 0 Å². The molecule has 1 heterocycles. The minimum absolute atomic E-state index is 0.00701. The van der Waals surface area contributed by atoms with E-state index in [1.165, 1.54) is 12.1 Å². The van der Waals surface area contributed by atoms with Gasteiger partial charge in [-0.3, -0.25) is 4.72 Å². The Morgan fingerprint density at radius 1 is 1.32 bits per heavy atom. The topological polar surface area (TPSA) is 85.1 Å². The summed E-state index contributed by atoms with van der Waals surface area (Å²) in [7, 11) is -3.78. The van der Waals surface area contributed by atoms with Crippen LogP contribution in [0.1, 0.15) is 5.56 Å². The summed E-state index contributed by atoms with van der Waals surface area (Å²) >= 11 is 5.86. The molecule has 0 fully saturated rings. The third kappa shape index (κ3) is 2.97. The van der Waals surface area contributed by atoms with Gasteiger partial charge in [0.15, 0.2) is 5.15 Å². The first-order valence-corrected chi connectivity index (χ1v) is 7.26. The highest BCUT2D eigenvalue weighted by Gasteiger charge is 2.18. The van der Waals surface area contributed by atoms with Crippen LogP contribution in [0, 0.1) is 6.92 Å². The van der Waals surface area contributed by atoms with Crippen molar-refractivity contribution in [2.75, 3.05) is 10.5 Å².